The summed E-state index contributed by atoms with van der Waals surface area (Å²) in [5, 5.41) is 44.3. The van der Waals surface area contributed by atoms with Crippen LogP contribution in [0.1, 0.15) is 5.56 Å². The minimum absolute atomic E-state index is 0.230. The van der Waals surface area contributed by atoms with Crippen molar-refractivity contribution in [1.82, 2.24) is 10.6 Å². The summed E-state index contributed by atoms with van der Waals surface area (Å²) >= 11 is 5.11. The van der Waals surface area contributed by atoms with Gasteiger partial charge in [0.15, 0.2) is 11.3 Å². The molecule has 122 valence electrons. The molecule has 1 heterocycles. The monoisotopic (exact) mass is 328 g/mol. The van der Waals surface area contributed by atoms with Gasteiger partial charge in [-0.25, -0.2) is 0 Å². The van der Waals surface area contributed by atoms with E-state index in [0.717, 1.165) is 5.56 Å². The second-order valence-electron chi connectivity index (χ2n) is 5.06. The summed E-state index contributed by atoms with van der Waals surface area (Å²) in [6, 6.07) is 9.59. The third kappa shape index (κ3) is 4.13. The summed E-state index contributed by atoms with van der Waals surface area (Å²) in [5.74, 6) is 0. The first-order chi connectivity index (χ1) is 10.5. The van der Waals surface area contributed by atoms with Gasteiger partial charge in [-0.1, -0.05) is 30.3 Å². The fourth-order valence-electron chi connectivity index (χ4n) is 2.18. The van der Waals surface area contributed by atoms with Gasteiger partial charge in [0, 0.05) is 6.54 Å². The Morgan fingerprint density at radius 1 is 1.09 bits per heavy atom. The number of hydrogen-bond donors (Lipinski definition) is 6. The van der Waals surface area contributed by atoms with E-state index < -0.39 is 37.3 Å². The topological polar surface area (TPSA) is 114 Å². The molecule has 0 unspecified atom stereocenters. The summed E-state index contributed by atoms with van der Waals surface area (Å²) in [5.41, 5.74) is 1.03. The van der Waals surface area contributed by atoms with Crippen LogP contribution in [0.25, 0.3) is 0 Å². The standard InChI is InChI=1S/C14H20N2O5S/c17-7-9-10(18)11(19)12(20)13(21-9)16-14(22)15-6-8-4-2-1-3-5-8/h1-5,9-13,17-20H,6-7H2,(H2,15,16,22)/t9-,10-,11+,12+,13+/m1/s1. The normalized spacial score (nSPS) is 31.5. The molecule has 0 amide bonds. The molecule has 22 heavy (non-hydrogen) atoms. The molecule has 1 aliphatic rings. The maximum atomic E-state index is 9.89. The molecule has 1 aromatic rings. The number of benzene rings is 1. The van der Waals surface area contributed by atoms with Gasteiger partial charge in [-0.2, -0.15) is 0 Å². The van der Waals surface area contributed by atoms with Crippen molar-refractivity contribution in [3.05, 3.63) is 35.9 Å². The maximum absolute atomic E-state index is 9.89. The number of ether oxygens (including phenoxy) is 1. The molecule has 2 rings (SSSR count). The van der Waals surface area contributed by atoms with Crippen molar-refractivity contribution in [3.63, 3.8) is 0 Å². The van der Waals surface area contributed by atoms with E-state index in [2.05, 4.69) is 10.6 Å². The molecule has 0 bridgehead atoms. The lowest BCUT2D eigenvalue weighted by atomic mass is 9.98. The molecule has 1 aromatic carbocycles. The molecule has 0 spiro atoms. The van der Waals surface area contributed by atoms with Crippen LogP contribution in [0.3, 0.4) is 0 Å². The third-order valence-electron chi connectivity index (χ3n) is 3.46. The van der Waals surface area contributed by atoms with Crippen molar-refractivity contribution in [1.29, 1.82) is 0 Å². The minimum atomic E-state index is -1.43. The van der Waals surface area contributed by atoms with Crippen LogP contribution in [0, 0.1) is 0 Å². The second kappa shape index (κ2) is 7.82. The molecular weight excluding hydrogens is 308 g/mol. The molecule has 0 aromatic heterocycles. The van der Waals surface area contributed by atoms with Crippen molar-refractivity contribution in [3.8, 4) is 0 Å². The summed E-state index contributed by atoms with van der Waals surface area (Å²) in [6.07, 6.45) is -6.17. The molecular formula is C14H20N2O5S. The highest BCUT2D eigenvalue weighted by molar-refractivity contribution is 7.80. The molecule has 1 aliphatic heterocycles. The number of hydrogen-bond acceptors (Lipinski definition) is 6. The van der Waals surface area contributed by atoms with E-state index in [0.29, 0.717) is 6.54 Å². The zero-order valence-corrected chi connectivity index (χ0v) is 12.6. The van der Waals surface area contributed by atoms with Crippen LogP contribution < -0.4 is 10.6 Å². The Balaban J connectivity index is 1.87. The van der Waals surface area contributed by atoms with Crippen LogP contribution in [0.4, 0.5) is 0 Å². The Morgan fingerprint density at radius 3 is 2.41 bits per heavy atom. The van der Waals surface area contributed by atoms with Gasteiger partial charge < -0.3 is 35.8 Å². The number of aliphatic hydroxyl groups is 4. The maximum Gasteiger partial charge on any atom is 0.168 e. The number of rotatable bonds is 4. The molecule has 1 fully saturated rings. The number of nitrogens with one attached hydrogen (secondary N) is 2. The molecule has 8 heteroatoms. The van der Waals surface area contributed by atoms with Crippen molar-refractivity contribution < 1.29 is 25.2 Å². The van der Waals surface area contributed by atoms with Crippen LogP contribution in [0.15, 0.2) is 30.3 Å². The van der Waals surface area contributed by atoms with Crippen molar-refractivity contribution in [2.45, 2.75) is 37.2 Å². The van der Waals surface area contributed by atoms with Crippen molar-refractivity contribution in [2.24, 2.45) is 0 Å². The van der Waals surface area contributed by atoms with Gasteiger partial charge in [0.1, 0.15) is 24.4 Å². The van der Waals surface area contributed by atoms with E-state index in [1.807, 2.05) is 30.3 Å². The van der Waals surface area contributed by atoms with Gasteiger partial charge in [-0.05, 0) is 17.8 Å². The SMILES string of the molecule is OC[C@H]1O[C@H](NC(=S)NCc2ccccc2)[C@@H](O)[C@@H](O)[C@@H]1O. The summed E-state index contributed by atoms with van der Waals surface area (Å²) in [7, 11) is 0. The van der Waals surface area contributed by atoms with Crippen LogP contribution in [-0.2, 0) is 11.3 Å². The zero-order valence-electron chi connectivity index (χ0n) is 11.8. The first-order valence-electron chi connectivity index (χ1n) is 6.91. The molecule has 0 saturated carbocycles. The average Bonchev–Trinajstić information content (AvgIpc) is 2.54. The van der Waals surface area contributed by atoms with Gasteiger partial charge in [-0.15, -0.1) is 0 Å². The van der Waals surface area contributed by atoms with Crippen LogP contribution in [0.2, 0.25) is 0 Å². The van der Waals surface area contributed by atoms with Crippen molar-refractivity contribution in [2.75, 3.05) is 6.61 Å². The first-order valence-corrected chi connectivity index (χ1v) is 7.32. The lowest BCUT2D eigenvalue weighted by molar-refractivity contribution is -0.232. The van der Waals surface area contributed by atoms with Crippen molar-refractivity contribution >= 4 is 17.3 Å². The van der Waals surface area contributed by atoms with Crippen LogP contribution in [-0.4, -0.2) is 62.8 Å². The lowest BCUT2D eigenvalue weighted by Crippen LogP contribution is -2.63. The summed E-state index contributed by atoms with van der Waals surface area (Å²) in [6.45, 7) is 0.0113. The number of thiocarbonyl (C=S) groups is 1. The Hall–Kier alpha value is -1.29. The highest BCUT2D eigenvalue weighted by Crippen LogP contribution is 2.19. The largest absolute Gasteiger partial charge is 0.394 e. The predicted octanol–water partition coefficient (Wildman–Crippen LogP) is -1.55. The fraction of sp³-hybridized carbons (Fsp3) is 0.500. The van der Waals surface area contributed by atoms with E-state index >= 15 is 0 Å². The first kappa shape index (κ1) is 17.1. The Morgan fingerprint density at radius 2 is 1.77 bits per heavy atom. The van der Waals surface area contributed by atoms with Gasteiger partial charge in [0.25, 0.3) is 0 Å². The third-order valence-corrected chi connectivity index (χ3v) is 3.72. The highest BCUT2D eigenvalue weighted by atomic mass is 32.1. The van der Waals surface area contributed by atoms with Gasteiger partial charge in [0.2, 0.25) is 0 Å². The predicted molar refractivity (Wildman–Crippen MR) is 82.8 cm³/mol. The van der Waals surface area contributed by atoms with E-state index in [1.165, 1.54) is 0 Å². The second-order valence-corrected chi connectivity index (χ2v) is 5.47. The van der Waals surface area contributed by atoms with Gasteiger partial charge >= 0.3 is 0 Å². The molecule has 6 N–H and O–H groups in total. The molecule has 7 nitrogen and oxygen atoms in total. The fourth-order valence-corrected chi connectivity index (χ4v) is 2.37. The zero-order chi connectivity index (χ0) is 16.1. The lowest BCUT2D eigenvalue weighted by Gasteiger charge is -2.40. The molecule has 1 saturated heterocycles. The Bertz CT molecular complexity index is 487. The number of aliphatic hydroxyl groups excluding tert-OH is 4. The Labute approximate surface area is 133 Å². The quantitative estimate of drug-likeness (QED) is 0.368. The minimum Gasteiger partial charge on any atom is -0.394 e. The summed E-state index contributed by atoms with van der Waals surface area (Å²) in [4.78, 5) is 0. The van der Waals surface area contributed by atoms with E-state index in [-0.39, 0.29) is 5.11 Å². The van der Waals surface area contributed by atoms with E-state index in [1.54, 1.807) is 0 Å². The molecule has 5 atom stereocenters. The average molecular weight is 328 g/mol. The Kier molecular flexibility index (Phi) is 6.07. The van der Waals surface area contributed by atoms with E-state index in [4.69, 9.17) is 22.1 Å². The van der Waals surface area contributed by atoms with E-state index in [9.17, 15) is 15.3 Å². The highest BCUT2D eigenvalue weighted by Gasteiger charge is 2.43. The van der Waals surface area contributed by atoms with Gasteiger partial charge in [0.05, 0.1) is 6.61 Å². The molecule has 0 radical (unpaired) electrons. The van der Waals surface area contributed by atoms with Crippen LogP contribution >= 0.6 is 12.2 Å². The van der Waals surface area contributed by atoms with Gasteiger partial charge in [-0.3, -0.25) is 0 Å². The summed E-state index contributed by atoms with van der Waals surface area (Å²) < 4.78 is 5.30. The molecule has 0 aliphatic carbocycles. The van der Waals surface area contributed by atoms with Crippen LogP contribution in [0.5, 0.6) is 0 Å². The smallest absolute Gasteiger partial charge is 0.168 e.